The third-order valence-electron chi connectivity index (χ3n) is 4.64. The monoisotopic (exact) mass is 419 g/mol. The summed E-state index contributed by atoms with van der Waals surface area (Å²) in [5.41, 5.74) is 7.18. The second kappa shape index (κ2) is 7.91. The second-order valence-corrected chi connectivity index (χ2v) is 7.06. The van der Waals surface area contributed by atoms with E-state index in [0.29, 0.717) is 21.7 Å². The van der Waals surface area contributed by atoms with Gasteiger partial charge in [-0.3, -0.25) is 9.36 Å². The molecule has 0 unspecified atom stereocenters. The van der Waals surface area contributed by atoms with E-state index in [1.165, 1.54) is 17.2 Å². The maximum absolute atomic E-state index is 12.1. The zero-order valence-corrected chi connectivity index (χ0v) is 15.8. The summed E-state index contributed by atoms with van der Waals surface area (Å²) in [4.78, 5) is 24.2. The van der Waals surface area contributed by atoms with E-state index in [9.17, 15) is 15.0 Å². The van der Waals surface area contributed by atoms with E-state index >= 15 is 0 Å². The number of halogens is 1. The zero-order valence-electron chi connectivity index (χ0n) is 15.1. The molecule has 0 bridgehead atoms. The minimum Gasteiger partial charge on any atom is -0.463 e. The number of aromatic nitrogens is 4. The summed E-state index contributed by atoms with van der Waals surface area (Å²) >= 11 is 5.90. The first-order valence-electron chi connectivity index (χ1n) is 8.78. The van der Waals surface area contributed by atoms with Gasteiger partial charge in [-0.15, -0.1) is 0 Å². The van der Waals surface area contributed by atoms with E-state index in [1.807, 2.05) is 0 Å². The minimum absolute atomic E-state index is 0.0255. The maximum atomic E-state index is 12.1. The summed E-state index contributed by atoms with van der Waals surface area (Å²) in [7, 11) is 0. The van der Waals surface area contributed by atoms with Gasteiger partial charge in [0.05, 0.1) is 12.7 Å². The average Bonchev–Trinajstić information content (AvgIpc) is 3.23. The largest absolute Gasteiger partial charge is 0.463 e. The number of carbonyl (C=O) groups excluding carboxylic acids is 1. The van der Waals surface area contributed by atoms with Crippen LogP contribution < -0.4 is 5.73 Å². The summed E-state index contributed by atoms with van der Waals surface area (Å²) < 4.78 is 12.4. The molecule has 1 aromatic carbocycles. The highest BCUT2D eigenvalue weighted by Gasteiger charge is 2.44. The number of anilines is 1. The first kappa shape index (κ1) is 19.5. The van der Waals surface area contributed by atoms with E-state index in [2.05, 4.69) is 15.0 Å². The van der Waals surface area contributed by atoms with Crippen molar-refractivity contribution < 1.29 is 24.5 Å². The Labute approximate surface area is 169 Å². The van der Waals surface area contributed by atoms with Gasteiger partial charge in [0.15, 0.2) is 17.7 Å². The van der Waals surface area contributed by atoms with Crippen LogP contribution in [0.5, 0.6) is 0 Å². The number of ether oxygens (including phenoxy) is 2. The van der Waals surface area contributed by atoms with Crippen molar-refractivity contribution >= 4 is 34.6 Å². The van der Waals surface area contributed by atoms with E-state index in [-0.39, 0.29) is 18.8 Å². The molecule has 0 saturated carbocycles. The first-order chi connectivity index (χ1) is 13.9. The van der Waals surface area contributed by atoms with E-state index in [1.54, 1.807) is 24.3 Å². The molecule has 1 aliphatic rings. The summed E-state index contributed by atoms with van der Waals surface area (Å²) in [5, 5.41) is 21.2. The van der Waals surface area contributed by atoms with Crippen LogP contribution >= 0.6 is 11.6 Å². The standard InChI is InChI=1S/C18H18ClN5O5/c19-10-3-1-2-9(4-10)5-12(25)28-6-11-14(26)15(27)18(29-11)24-8-23-13-16(20)21-7-22-17(13)24/h1-4,7-8,11,14-15,18,26-27H,5-6H2,(H2,20,21,22)/t11-,14-,15-,18-/m1/s1. The molecule has 1 fully saturated rings. The van der Waals surface area contributed by atoms with Crippen LogP contribution in [0.4, 0.5) is 5.82 Å². The number of aliphatic hydroxyl groups is 2. The van der Waals surface area contributed by atoms with Gasteiger partial charge >= 0.3 is 5.97 Å². The van der Waals surface area contributed by atoms with Crippen LogP contribution in [0, 0.1) is 0 Å². The fraction of sp³-hybridized carbons (Fsp3) is 0.333. The second-order valence-electron chi connectivity index (χ2n) is 6.62. The van der Waals surface area contributed by atoms with Gasteiger partial charge < -0.3 is 25.4 Å². The smallest absolute Gasteiger partial charge is 0.310 e. The fourth-order valence-electron chi connectivity index (χ4n) is 3.19. The quantitative estimate of drug-likeness (QED) is 0.502. The highest BCUT2D eigenvalue weighted by atomic mass is 35.5. The van der Waals surface area contributed by atoms with Crippen molar-refractivity contribution in [1.82, 2.24) is 19.5 Å². The van der Waals surface area contributed by atoms with Crippen molar-refractivity contribution in [2.24, 2.45) is 0 Å². The maximum Gasteiger partial charge on any atom is 0.310 e. The third kappa shape index (κ3) is 3.87. The Bertz CT molecular complexity index is 1040. The Hall–Kier alpha value is -2.79. The molecule has 3 aromatic rings. The number of benzene rings is 1. The number of hydrogen-bond donors (Lipinski definition) is 3. The van der Waals surface area contributed by atoms with E-state index in [4.69, 9.17) is 26.8 Å². The molecule has 1 aliphatic heterocycles. The molecule has 2 aromatic heterocycles. The van der Waals surface area contributed by atoms with Gasteiger partial charge in [0.2, 0.25) is 0 Å². The molecule has 0 amide bonds. The number of nitrogens with two attached hydrogens (primary N) is 1. The zero-order chi connectivity index (χ0) is 20.5. The summed E-state index contributed by atoms with van der Waals surface area (Å²) in [6.45, 7) is -0.224. The highest BCUT2D eigenvalue weighted by molar-refractivity contribution is 6.30. The van der Waals surface area contributed by atoms with Crippen LogP contribution in [0.1, 0.15) is 11.8 Å². The molecule has 152 valence electrons. The third-order valence-corrected chi connectivity index (χ3v) is 4.88. The average molecular weight is 420 g/mol. The number of carbonyl (C=O) groups is 1. The van der Waals surface area contributed by atoms with Gasteiger partial charge in [0.1, 0.15) is 36.8 Å². The molecule has 4 rings (SSSR count). The molecule has 0 spiro atoms. The predicted octanol–water partition coefficient (Wildman–Crippen LogP) is 0.467. The molecule has 4 N–H and O–H groups in total. The minimum atomic E-state index is -1.28. The Morgan fingerprint density at radius 1 is 1.28 bits per heavy atom. The Kier molecular flexibility index (Phi) is 5.33. The van der Waals surface area contributed by atoms with Crippen LogP contribution in [-0.2, 0) is 20.7 Å². The van der Waals surface area contributed by atoms with Crippen molar-refractivity contribution in [3.8, 4) is 0 Å². The highest BCUT2D eigenvalue weighted by Crippen LogP contribution is 2.32. The molecule has 10 nitrogen and oxygen atoms in total. The lowest BCUT2D eigenvalue weighted by Gasteiger charge is -2.16. The molecule has 29 heavy (non-hydrogen) atoms. The van der Waals surface area contributed by atoms with Crippen LogP contribution in [0.25, 0.3) is 11.2 Å². The van der Waals surface area contributed by atoms with Gasteiger partial charge in [0, 0.05) is 5.02 Å². The number of imidazole rings is 1. The topological polar surface area (TPSA) is 146 Å². The number of rotatable bonds is 5. The van der Waals surface area contributed by atoms with Crippen LogP contribution in [0.3, 0.4) is 0 Å². The van der Waals surface area contributed by atoms with Gasteiger partial charge in [-0.2, -0.15) is 0 Å². The fourth-order valence-corrected chi connectivity index (χ4v) is 3.41. The van der Waals surface area contributed by atoms with Gasteiger partial charge in [-0.25, -0.2) is 15.0 Å². The summed E-state index contributed by atoms with van der Waals surface area (Å²) in [5.74, 6) is -0.317. The Morgan fingerprint density at radius 2 is 2.10 bits per heavy atom. The number of esters is 1. The Morgan fingerprint density at radius 3 is 2.90 bits per heavy atom. The number of fused-ring (bicyclic) bond motifs is 1. The van der Waals surface area contributed by atoms with E-state index < -0.39 is 30.5 Å². The van der Waals surface area contributed by atoms with Crippen LogP contribution in [0.2, 0.25) is 5.02 Å². The van der Waals surface area contributed by atoms with Crippen molar-refractivity contribution in [3.63, 3.8) is 0 Å². The molecular weight excluding hydrogens is 402 g/mol. The van der Waals surface area contributed by atoms with Gasteiger partial charge in [-0.05, 0) is 17.7 Å². The van der Waals surface area contributed by atoms with Crippen molar-refractivity contribution in [2.45, 2.75) is 31.0 Å². The van der Waals surface area contributed by atoms with Gasteiger partial charge in [-0.1, -0.05) is 23.7 Å². The number of nitrogen functional groups attached to an aromatic ring is 1. The van der Waals surface area contributed by atoms with Gasteiger partial charge in [0.25, 0.3) is 0 Å². The lowest BCUT2D eigenvalue weighted by atomic mass is 10.1. The number of aliphatic hydroxyl groups excluding tert-OH is 2. The molecule has 1 saturated heterocycles. The number of nitrogens with zero attached hydrogens (tertiary/aromatic N) is 4. The molecule has 3 heterocycles. The summed E-state index contributed by atoms with van der Waals surface area (Å²) in [6, 6.07) is 6.87. The summed E-state index contributed by atoms with van der Waals surface area (Å²) in [6.07, 6.45) is -1.75. The van der Waals surface area contributed by atoms with E-state index in [0.717, 1.165) is 0 Å². The first-order valence-corrected chi connectivity index (χ1v) is 9.16. The Balaban J connectivity index is 1.42. The predicted molar refractivity (Wildman–Crippen MR) is 102 cm³/mol. The van der Waals surface area contributed by atoms with Crippen molar-refractivity contribution in [2.75, 3.05) is 12.3 Å². The van der Waals surface area contributed by atoms with Crippen molar-refractivity contribution in [3.05, 3.63) is 47.5 Å². The molecule has 11 heteroatoms. The van der Waals surface area contributed by atoms with Crippen LogP contribution in [-0.4, -0.2) is 60.6 Å². The normalized spacial score (nSPS) is 24.1. The van der Waals surface area contributed by atoms with Crippen molar-refractivity contribution in [1.29, 1.82) is 0 Å². The molecule has 0 radical (unpaired) electrons. The lowest BCUT2D eigenvalue weighted by molar-refractivity contribution is -0.149. The van der Waals surface area contributed by atoms with Crippen LogP contribution in [0.15, 0.2) is 36.9 Å². The number of hydrogen-bond acceptors (Lipinski definition) is 9. The molecule has 0 aliphatic carbocycles. The molecule has 4 atom stereocenters. The molecular formula is C18H18ClN5O5. The lowest BCUT2D eigenvalue weighted by Crippen LogP contribution is -2.34. The SMILES string of the molecule is Nc1ncnc2c1ncn2[C@@H]1O[C@H](COC(=O)Cc2cccc(Cl)c2)[C@@H](O)[C@H]1O.